The lowest BCUT2D eigenvalue weighted by molar-refractivity contribution is -0.136. The molecule has 2 aromatic rings. The Kier molecular flexibility index (Phi) is 4.47. The van der Waals surface area contributed by atoms with Crippen LogP contribution in [-0.2, 0) is 11.8 Å². The maximum Gasteiger partial charge on any atom is 0.320 e. The fourth-order valence-corrected chi connectivity index (χ4v) is 3.11. The number of amides is 3. The number of aryl methyl sites for hydroxylation is 2. The summed E-state index contributed by atoms with van der Waals surface area (Å²) in [4.78, 5) is 26.2. The molecule has 1 saturated heterocycles. The quantitative estimate of drug-likeness (QED) is 0.876. The van der Waals surface area contributed by atoms with Crippen LogP contribution in [-0.4, -0.2) is 44.9 Å². The Labute approximate surface area is 145 Å². The van der Waals surface area contributed by atoms with Crippen molar-refractivity contribution in [2.45, 2.75) is 38.8 Å². The van der Waals surface area contributed by atoms with E-state index in [-0.39, 0.29) is 24.0 Å². The summed E-state index contributed by atoms with van der Waals surface area (Å²) in [5, 5.41) is 13.7. The molecule has 0 unspecified atom stereocenters. The van der Waals surface area contributed by atoms with Gasteiger partial charge in [-0.25, -0.2) is 4.79 Å². The van der Waals surface area contributed by atoms with Crippen molar-refractivity contribution in [3.05, 3.63) is 29.3 Å². The monoisotopic (exact) mass is 346 g/mol. The highest BCUT2D eigenvalue weighted by atomic mass is 16.5. The van der Waals surface area contributed by atoms with E-state index in [9.17, 15) is 9.59 Å². The first-order chi connectivity index (χ1) is 11.9. The number of hydrogen-bond acceptors (Lipinski definition) is 5. The van der Waals surface area contributed by atoms with E-state index in [2.05, 4.69) is 20.9 Å². The number of urea groups is 1. The van der Waals surface area contributed by atoms with Gasteiger partial charge in [0.05, 0.1) is 17.8 Å². The van der Waals surface area contributed by atoms with Crippen molar-refractivity contribution >= 4 is 17.8 Å². The molecular formula is C16H22N6O3. The lowest BCUT2D eigenvalue weighted by atomic mass is 9.93. The summed E-state index contributed by atoms with van der Waals surface area (Å²) >= 11 is 0. The highest BCUT2D eigenvalue weighted by molar-refractivity contribution is 5.89. The number of aromatic nitrogens is 3. The Balaban J connectivity index is 1.77. The number of anilines is 1. The van der Waals surface area contributed by atoms with E-state index in [1.54, 1.807) is 29.7 Å². The first-order valence-electron chi connectivity index (χ1n) is 8.12. The number of nitrogens with zero attached hydrogens (tertiary/aromatic N) is 4. The summed E-state index contributed by atoms with van der Waals surface area (Å²) < 4.78 is 6.78. The standard InChI is InChI=1S/C16H22N6O3/c1-9-10(2)25-20-15(9)19-16(24)18-11-5-6-13(23)21(3)14(11)12-7-8-17-22(12)4/h7-8,11,14H,5-6H2,1-4H3,(H2,18,19,20,24)/t11-,14-/m1/s1. The number of carbonyl (C=O) groups is 2. The topological polar surface area (TPSA) is 105 Å². The smallest absolute Gasteiger partial charge is 0.320 e. The molecule has 0 aliphatic carbocycles. The second kappa shape index (κ2) is 6.58. The minimum absolute atomic E-state index is 0.0487. The normalized spacial score (nSPS) is 20.6. The van der Waals surface area contributed by atoms with Crippen LogP contribution in [0.3, 0.4) is 0 Å². The molecule has 1 aliphatic rings. The molecule has 2 aromatic heterocycles. The number of carbonyl (C=O) groups excluding carboxylic acids is 2. The summed E-state index contributed by atoms with van der Waals surface area (Å²) in [6.07, 6.45) is 2.63. The molecule has 2 atom stereocenters. The summed E-state index contributed by atoms with van der Waals surface area (Å²) in [5.74, 6) is 1.10. The van der Waals surface area contributed by atoms with E-state index in [1.807, 2.05) is 20.0 Å². The summed E-state index contributed by atoms with van der Waals surface area (Å²) in [6, 6.07) is 0.972. The Morgan fingerprint density at radius 3 is 2.72 bits per heavy atom. The fourth-order valence-electron chi connectivity index (χ4n) is 3.11. The van der Waals surface area contributed by atoms with Gasteiger partial charge in [-0.2, -0.15) is 5.10 Å². The SMILES string of the molecule is Cc1onc(NC(=O)N[C@@H]2CCC(=O)N(C)[C@H]2c2ccnn2C)c1C. The molecule has 9 heteroatoms. The number of likely N-dealkylation sites (N-methyl/N-ethyl adjacent to an activating group) is 1. The van der Waals surface area contributed by atoms with E-state index in [1.165, 1.54) is 0 Å². The van der Waals surface area contributed by atoms with Gasteiger partial charge >= 0.3 is 6.03 Å². The van der Waals surface area contributed by atoms with Crippen LogP contribution in [0.5, 0.6) is 0 Å². The molecule has 0 aromatic carbocycles. The van der Waals surface area contributed by atoms with E-state index >= 15 is 0 Å². The third-order valence-corrected chi connectivity index (χ3v) is 4.73. The van der Waals surface area contributed by atoms with Gasteiger partial charge in [-0.15, -0.1) is 0 Å². The average Bonchev–Trinajstić information content (AvgIpc) is 3.12. The van der Waals surface area contributed by atoms with Crippen LogP contribution in [0, 0.1) is 13.8 Å². The molecule has 3 heterocycles. The largest absolute Gasteiger partial charge is 0.359 e. The van der Waals surface area contributed by atoms with Crippen LogP contribution in [0.25, 0.3) is 0 Å². The van der Waals surface area contributed by atoms with Gasteiger partial charge in [0.25, 0.3) is 0 Å². The zero-order chi connectivity index (χ0) is 18.1. The maximum absolute atomic E-state index is 12.4. The van der Waals surface area contributed by atoms with E-state index in [0.29, 0.717) is 24.4 Å². The van der Waals surface area contributed by atoms with Crippen molar-refractivity contribution in [1.29, 1.82) is 0 Å². The van der Waals surface area contributed by atoms with E-state index in [0.717, 1.165) is 11.3 Å². The van der Waals surface area contributed by atoms with Crippen LogP contribution in [0.1, 0.15) is 35.9 Å². The molecule has 134 valence electrons. The van der Waals surface area contributed by atoms with Gasteiger partial charge in [0.2, 0.25) is 5.91 Å². The van der Waals surface area contributed by atoms with Crippen molar-refractivity contribution < 1.29 is 14.1 Å². The second-order valence-corrected chi connectivity index (χ2v) is 6.29. The van der Waals surface area contributed by atoms with Gasteiger partial charge in [0.15, 0.2) is 5.82 Å². The Morgan fingerprint density at radius 2 is 2.12 bits per heavy atom. The molecule has 1 fully saturated rings. The van der Waals surface area contributed by atoms with Crippen molar-refractivity contribution in [1.82, 2.24) is 25.2 Å². The van der Waals surface area contributed by atoms with Crippen molar-refractivity contribution in [3.8, 4) is 0 Å². The second-order valence-electron chi connectivity index (χ2n) is 6.29. The van der Waals surface area contributed by atoms with Gasteiger partial charge in [-0.3, -0.25) is 14.8 Å². The number of hydrogen-bond donors (Lipinski definition) is 2. The first kappa shape index (κ1) is 17.0. The summed E-state index contributed by atoms with van der Waals surface area (Å²) in [5.41, 5.74) is 1.66. The van der Waals surface area contributed by atoms with Crippen molar-refractivity contribution in [3.63, 3.8) is 0 Å². The molecule has 0 radical (unpaired) electrons. The number of likely N-dealkylation sites (tertiary alicyclic amines) is 1. The predicted octanol–water partition coefficient (Wildman–Crippen LogP) is 1.51. The molecule has 0 saturated carbocycles. The molecule has 3 rings (SSSR count). The van der Waals surface area contributed by atoms with Crippen molar-refractivity contribution in [2.24, 2.45) is 7.05 Å². The van der Waals surface area contributed by atoms with E-state index < -0.39 is 0 Å². The highest BCUT2D eigenvalue weighted by Crippen LogP contribution is 2.30. The summed E-state index contributed by atoms with van der Waals surface area (Å²) in [7, 11) is 3.57. The maximum atomic E-state index is 12.4. The number of piperidine rings is 1. The Hall–Kier alpha value is -2.84. The molecule has 1 aliphatic heterocycles. The fraction of sp³-hybridized carbons (Fsp3) is 0.500. The van der Waals surface area contributed by atoms with Crippen LogP contribution in [0.2, 0.25) is 0 Å². The molecule has 0 bridgehead atoms. The summed E-state index contributed by atoms with van der Waals surface area (Å²) in [6.45, 7) is 3.61. The zero-order valence-corrected chi connectivity index (χ0v) is 14.7. The lowest BCUT2D eigenvalue weighted by Gasteiger charge is -2.39. The molecule has 0 spiro atoms. The van der Waals surface area contributed by atoms with E-state index in [4.69, 9.17) is 4.52 Å². The van der Waals surface area contributed by atoms with Gasteiger partial charge < -0.3 is 14.7 Å². The van der Waals surface area contributed by atoms with Gasteiger partial charge in [0.1, 0.15) is 5.76 Å². The Morgan fingerprint density at radius 1 is 1.36 bits per heavy atom. The van der Waals surface area contributed by atoms with Crippen LogP contribution < -0.4 is 10.6 Å². The van der Waals surface area contributed by atoms with Gasteiger partial charge in [-0.05, 0) is 26.3 Å². The average molecular weight is 346 g/mol. The van der Waals surface area contributed by atoms with Crippen LogP contribution in [0.15, 0.2) is 16.8 Å². The van der Waals surface area contributed by atoms with Crippen molar-refractivity contribution in [2.75, 3.05) is 12.4 Å². The van der Waals surface area contributed by atoms with Crippen LogP contribution >= 0.6 is 0 Å². The predicted molar refractivity (Wildman–Crippen MR) is 89.9 cm³/mol. The molecule has 9 nitrogen and oxygen atoms in total. The zero-order valence-electron chi connectivity index (χ0n) is 14.7. The highest BCUT2D eigenvalue weighted by Gasteiger charge is 2.37. The number of rotatable bonds is 3. The lowest BCUT2D eigenvalue weighted by Crippen LogP contribution is -2.52. The third-order valence-electron chi connectivity index (χ3n) is 4.73. The molecule has 2 N–H and O–H groups in total. The molecule has 25 heavy (non-hydrogen) atoms. The minimum Gasteiger partial charge on any atom is -0.359 e. The Bertz CT molecular complexity index is 796. The number of nitrogens with one attached hydrogen (secondary N) is 2. The van der Waals surface area contributed by atoms with Crippen LogP contribution in [0.4, 0.5) is 10.6 Å². The molecule has 3 amide bonds. The first-order valence-corrected chi connectivity index (χ1v) is 8.12. The minimum atomic E-state index is -0.378. The van der Waals surface area contributed by atoms with Gasteiger partial charge in [-0.1, -0.05) is 5.16 Å². The van der Waals surface area contributed by atoms with Gasteiger partial charge in [0, 0.05) is 32.3 Å². The molecular weight excluding hydrogens is 324 g/mol. The third kappa shape index (κ3) is 3.21.